The van der Waals surface area contributed by atoms with Crippen molar-refractivity contribution >= 4 is 0 Å². The highest BCUT2D eigenvalue weighted by Gasteiger charge is 2.36. The third-order valence-corrected chi connectivity index (χ3v) is 11.4. The Labute approximate surface area is 377 Å². The molecule has 1 rings (SSSR count). The van der Waals surface area contributed by atoms with Gasteiger partial charge in [0, 0.05) is 94.5 Å². The Morgan fingerprint density at radius 1 is 0.650 bits per heavy atom. The van der Waals surface area contributed by atoms with Crippen LogP contribution < -0.4 is 0 Å². The van der Waals surface area contributed by atoms with Gasteiger partial charge in [-0.2, -0.15) is 5.26 Å². The molecule has 0 N–H and O–H groups in total. The first-order valence-corrected chi connectivity index (χ1v) is 22.2. The lowest BCUT2D eigenvalue weighted by atomic mass is 10.1. The quantitative estimate of drug-likeness (QED) is 0.0747. The van der Waals surface area contributed by atoms with Gasteiger partial charge in [-0.3, -0.25) is 0 Å². The molecule has 0 saturated heterocycles. The van der Waals surface area contributed by atoms with Gasteiger partial charge in [-0.25, -0.2) is 0 Å². The molecule has 0 aromatic heterocycles. The van der Waals surface area contributed by atoms with E-state index in [2.05, 4.69) is 216 Å². The molecule has 0 aliphatic heterocycles. The predicted molar refractivity (Wildman–Crippen MR) is 272 cm³/mol. The van der Waals surface area contributed by atoms with Crippen molar-refractivity contribution in [3.63, 3.8) is 0 Å². The second kappa shape index (κ2) is 35.1. The minimum atomic E-state index is -0.0811. The fourth-order valence-electron chi connectivity index (χ4n) is 4.24. The number of terminal acetylenes is 1. The molecule has 7 nitrogen and oxygen atoms in total. The Morgan fingerprint density at radius 3 is 1.28 bits per heavy atom. The molecule has 0 radical (unpaired) electrons. The van der Waals surface area contributed by atoms with Crippen molar-refractivity contribution in [2.75, 3.05) is 48.8 Å². The Kier molecular flexibility index (Phi) is 38.3. The predicted octanol–water partition coefficient (Wildman–Crippen LogP) is 12.4. The maximum atomic E-state index is 8.60. The topological polar surface area (TPSA) is 43.2 Å². The van der Waals surface area contributed by atoms with E-state index in [-0.39, 0.29) is 5.92 Å². The van der Waals surface area contributed by atoms with E-state index in [1.807, 2.05) is 44.8 Å². The first-order chi connectivity index (χ1) is 27.2. The van der Waals surface area contributed by atoms with Crippen LogP contribution in [0.15, 0.2) is 59.1 Å². The Balaban J connectivity index is -0.000000203. The summed E-state index contributed by atoms with van der Waals surface area (Å²) in [7, 11) is 12.3. The molecule has 0 spiro atoms. The summed E-state index contributed by atoms with van der Waals surface area (Å²) in [5.41, 5.74) is 8.47. The molecule has 3 unspecified atom stereocenters. The van der Waals surface area contributed by atoms with E-state index in [9.17, 15) is 0 Å². The third-order valence-electron chi connectivity index (χ3n) is 11.4. The number of hydrogen-bond donors (Lipinski definition) is 0. The van der Waals surface area contributed by atoms with Crippen molar-refractivity contribution in [3.8, 4) is 30.4 Å². The molecular formula is C53H101N7. The zero-order valence-corrected chi connectivity index (χ0v) is 44.9. The van der Waals surface area contributed by atoms with Gasteiger partial charge in [0.25, 0.3) is 0 Å². The molecule has 0 aromatic rings. The van der Waals surface area contributed by atoms with E-state index in [0.29, 0.717) is 30.2 Å². The Bertz CT molecular complexity index is 1410. The van der Waals surface area contributed by atoms with Crippen LogP contribution >= 0.6 is 0 Å². The van der Waals surface area contributed by atoms with E-state index in [4.69, 9.17) is 11.7 Å². The van der Waals surface area contributed by atoms with Crippen LogP contribution in [0.25, 0.3) is 0 Å². The zero-order valence-electron chi connectivity index (χ0n) is 44.9. The molecule has 0 amide bonds. The Morgan fingerprint density at radius 2 is 1.07 bits per heavy atom. The van der Waals surface area contributed by atoms with Crippen LogP contribution in [0.3, 0.4) is 0 Å². The van der Waals surface area contributed by atoms with E-state index >= 15 is 0 Å². The van der Waals surface area contributed by atoms with E-state index in [1.54, 1.807) is 0 Å². The van der Waals surface area contributed by atoms with Crippen molar-refractivity contribution in [2.45, 2.75) is 194 Å². The summed E-state index contributed by atoms with van der Waals surface area (Å²) in [6.45, 7) is 57.5. The van der Waals surface area contributed by atoms with Crippen LogP contribution in [0, 0.1) is 47.5 Å². The lowest BCUT2D eigenvalue weighted by Crippen LogP contribution is -2.29. The largest absolute Gasteiger partial charge is 0.375 e. The Hall–Kier alpha value is -3.57. The van der Waals surface area contributed by atoms with Gasteiger partial charge in [0.15, 0.2) is 0 Å². The molecule has 1 fully saturated rings. The lowest BCUT2D eigenvalue weighted by molar-refractivity contribution is 0.254. The van der Waals surface area contributed by atoms with Crippen molar-refractivity contribution in [1.29, 1.82) is 5.26 Å². The summed E-state index contributed by atoms with van der Waals surface area (Å²) >= 11 is 0. The van der Waals surface area contributed by atoms with Crippen LogP contribution in [0.2, 0.25) is 0 Å². The van der Waals surface area contributed by atoms with E-state index in [0.717, 1.165) is 41.6 Å². The monoisotopic (exact) mass is 836 g/mol. The van der Waals surface area contributed by atoms with Crippen LogP contribution in [-0.4, -0.2) is 121 Å². The highest BCUT2D eigenvalue weighted by Crippen LogP contribution is 2.34. The van der Waals surface area contributed by atoms with Crippen molar-refractivity contribution in [3.05, 3.63) is 59.1 Å². The first-order valence-electron chi connectivity index (χ1n) is 22.2. The van der Waals surface area contributed by atoms with Crippen molar-refractivity contribution in [2.24, 2.45) is 11.8 Å². The average Bonchev–Trinajstić information content (AvgIpc) is 3.91. The second-order valence-electron chi connectivity index (χ2n) is 18.5. The molecule has 3 atom stereocenters. The summed E-state index contributed by atoms with van der Waals surface area (Å²) in [4.78, 5) is 12.9. The summed E-state index contributed by atoms with van der Waals surface area (Å²) in [5, 5.41) is 8.60. The minimum Gasteiger partial charge on any atom is -0.375 e. The second-order valence-corrected chi connectivity index (χ2v) is 18.5. The molecule has 0 heterocycles. The zero-order chi connectivity index (χ0) is 48.9. The fourth-order valence-corrected chi connectivity index (χ4v) is 4.24. The third kappa shape index (κ3) is 32.2. The van der Waals surface area contributed by atoms with Crippen LogP contribution in [0.5, 0.6) is 0 Å². The molecule has 60 heavy (non-hydrogen) atoms. The normalized spacial score (nSPS) is 13.8. The molecular weight excluding hydrogens is 735 g/mol. The SMILES string of the molecule is C#CN(C)C(C)C.C=C(C#CC)N(C)C(C)C.C=C(C(C)=C(C)C)N(C)C(C)C.C=C(C(C)C#N)N(C)C(C)C.CC(C)=C(C)CN(C)C(C)C.CC1CC1N(C)C(C)C. The van der Waals surface area contributed by atoms with Gasteiger partial charge >= 0.3 is 0 Å². The number of nitriles is 1. The van der Waals surface area contributed by atoms with Gasteiger partial charge in [0.05, 0.1) is 17.7 Å². The number of hydrogen-bond acceptors (Lipinski definition) is 7. The van der Waals surface area contributed by atoms with Crippen LogP contribution in [0.1, 0.15) is 152 Å². The summed E-state index contributed by atoms with van der Waals surface area (Å²) in [6.07, 6.45) is 6.46. The van der Waals surface area contributed by atoms with Crippen molar-refractivity contribution < 1.29 is 0 Å². The van der Waals surface area contributed by atoms with E-state index < -0.39 is 0 Å². The number of rotatable bonds is 14. The van der Waals surface area contributed by atoms with Crippen LogP contribution in [0.4, 0.5) is 0 Å². The van der Waals surface area contributed by atoms with Gasteiger partial charge in [0.1, 0.15) is 0 Å². The molecule has 348 valence electrons. The fraction of sp³-hybridized carbons (Fsp3) is 0.717. The van der Waals surface area contributed by atoms with Gasteiger partial charge in [-0.05, 0) is 170 Å². The van der Waals surface area contributed by atoms with E-state index in [1.165, 1.54) is 28.7 Å². The first kappa shape index (κ1) is 65.5. The molecule has 1 aliphatic rings. The smallest absolute Gasteiger partial charge is 0.0827 e. The maximum Gasteiger partial charge on any atom is 0.0827 e. The van der Waals surface area contributed by atoms with Crippen molar-refractivity contribution in [1.82, 2.24) is 29.4 Å². The highest BCUT2D eigenvalue weighted by atomic mass is 15.2. The summed E-state index contributed by atoms with van der Waals surface area (Å²) in [5.74, 6) is 6.59. The van der Waals surface area contributed by atoms with Gasteiger partial charge in [-0.1, -0.05) is 61.6 Å². The summed E-state index contributed by atoms with van der Waals surface area (Å²) in [6, 6.07) is 8.79. The highest BCUT2D eigenvalue weighted by molar-refractivity contribution is 5.28. The van der Waals surface area contributed by atoms with Gasteiger partial charge in [-0.15, -0.1) is 0 Å². The van der Waals surface area contributed by atoms with Gasteiger partial charge < -0.3 is 29.4 Å². The number of allylic oxidation sites excluding steroid dienone is 5. The number of nitrogens with zero attached hydrogens (tertiary/aromatic N) is 7. The molecule has 0 aromatic carbocycles. The lowest BCUT2D eigenvalue weighted by Gasteiger charge is -2.27. The molecule has 7 heteroatoms. The molecule has 1 aliphatic carbocycles. The standard InChI is InChI=1S/C11H21N.C10H21N.C9H16N2.C9H15N.C8H17N.C6H11N/c1-8(2)10(5)11(6)12(7)9(3)4;1-8(2)10(5)7-11(6)9(3)4;1-7(2)11(5)9(4)8(3)6-10;1-6-7-9(4)10(5)8(2)3;1-6(2)9(4)8-5-7(8)3;1-5-7(4)6(2)3/h9H,6H2,1-5,7H3;9H,7H2,1-6H3;7-8H,4H2,1-3,5H3;8H,4H2,1-3,5H3;6-8H,5H2,1-4H3;1,6H,2-4H3. The maximum absolute atomic E-state index is 8.60. The molecule has 0 bridgehead atoms. The van der Waals surface area contributed by atoms with Crippen LogP contribution in [-0.2, 0) is 0 Å². The molecule has 1 saturated carbocycles. The summed E-state index contributed by atoms with van der Waals surface area (Å²) < 4.78 is 0. The average molecular weight is 836 g/mol. The van der Waals surface area contributed by atoms with Gasteiger partial charge in [0.2, 0.25) is 0 Å². The number of likely N-dealkylation sites (N-methyl/N-ethyl adjacent to an activating group) is 2. The minimum absolute atomic E-state index is 0.0811.